The van der Waals surface area contributed by atoms with Gasteiger partial charge < -0.3 is 19.1 Å². The van der Waals surface area contributed by atoms with E-state index in [9.17, 15) is 9.59 Å². The number of aryl methyl sites for hydroxylation is 1. The monoisotopic (exact) mass is 487 g/mol. The summed E-state index contributed by atoms with van der Waals surface area (Å²) in [5, 5.41) is 0.995. The molecule has 8 nitrogen and oxygen atoms in total. The molecule has 1 amide bonds. The first-order valence-corrected chi connectivity index (χ1v) is 13.0. The van der Waals surface area contributed by atoms with Crippen LogP contribution in [0.15, 0.2) is 12.1 Å². The van der Waals surface area contributed by atoms with Gasteiger partial charge in [0.05, 0.1) is 36.9 Å². The van der Waals surface area contributed by atoms with Gasteiger partial charge in [0, 0.05) is 38.2 Å². The third-order valence-electron chi connectivity index (χ3n) is 5.99. The molecule has 0 bridgehead atoms. The summed E-state index contributed by atoms with van der Waals surface area (Å²) in [7, 11) is 0. The van der Waals surface area contributed by atoms with Gasteiger partial charge in [-0.2, -0.15) is 0 Å². The lowest BCUT2D eigenvalue weighted by atomic mass is 10.0. The van der Waals surface area contributed by atoms with Gasteiger partial charge >= 0.3 is 0 Å². The van der Waals surface area contributed by atoms with E-state index in [0.29, 0.717) is 62.1 Å². The highest BCUT2D eigenvalue weighted by atomic mass is 32.1. The lowest BCUT2D eigenvalue weighted by molar-refractivity contribution is 0.0627. The van der Waals surface area contributed by atoms with Crippen LogP contribution >= 0.6 is 11.3 Å². The number of ether oxygens (including phenoxy) is 3. The Hall–Kier alpha value is -2.65. The van der Waals surface area contributed by atoms with E-state index in [-0.39, 0.29) is 11.7 Å². The molecule has 184 valence electrons. The summed E-state index contributed by atoms with van der Waals surface area (Å²) in [5.41, 5.74) is 1.51. The largest absolute Gasteiger partial charge is 0.490 e. The zero-order chi connectivity index (χ0) is 24.1. The lowest BCUT2D eigenvalue weighted by Gasteiger charge is -2.34. The zero-order valence-corrected chi connectivity index (χ0v) is 21.0. The summed E-state index contributed by atoms with van der Waals surface area (Å²) in [6.45, 7) is 10.6. The number of rotatable bonds is 9. The van der Waals surface area contributed by atoms with Crippen LogP contribution in [-0.2, 0) is 13.0 Å². The second kappa shape index (κ2) is 11.2. The number of Topliss-reactive ketones (excluding diaryl/α,β-unsaturated/α-hetero) is 1. The average Bonchev–Trinajstić information content (AvgIpc) is 3.25. The van der Waals surface area contributed by atoms with Gasteiger partial charge in [-0.25, -0.2) is 4.98 Å². The van der Waals surface area contributed by atoms with Crippen LogP contribution in [0.2, 0.25) is 0 Å². The molecule has 0 radical (unpaired) electrons. The second-order valence-corrected chi connectivity index (χ2v) is 9.41. The van der Waals surface area contributed by atoms with E-state index >= 15 is 0 Å². The molecule has 1 aromatic heterocycles. The summed E-state index contributed by atoms with van der Waals surface area (Å²) in [5.74, 6) is 1.78. The Bertz CT molecular complexity index is 1000. The van der Waals surface area contributed by atoms with Gasteiger partial charge in [0.2, 0.25) is 5.75 Å². The van der Waals surface area contributed by atoms with Crippen LogP contribution in [0.25, 0.3) is 0 Å². The maximum absolute atomic E-state index is 13.3. The van der Waals surface area contributed by atoms with Gasteiger partial charge in [-0.15, -0.1) is 11.3 Å². The van der Waals surface area contributed by atoms with E-state index in [2.05, 4.69) is 4.90 Å². The van der Waals surface area contributed by atoms with Crippen molar-refractivity contribution in [2.45, 2.75) is 46.6 Å². The number of carbonyl (C=O) groups excluding carboxylic acids is 2. The van der Waals surface area contributed by atoms with Crippen molar-refractivity contribution in [1.82, 2.24) is 14.8 Å². The van der Waals surface area contributed by atoms with Crippen molar-refractivity contribution in [3.05, 3.63) is 33.3 Å². The molecule has 0 atom stereocenters. The van der Waals surface area contributed by atoms with E-state index < -0.39 is 0 Å². The first kappa shape index (κ1) is 24.5. The Kier molecular flexibility index (Phi) is 8.05. The van der Waals surface area contributed by atoms with Crippen LogP contribution in [0.4, 0.5) is 0 Å². The molecule has 1 fully saturated rings. The van der Waals surface area contributed by atoms with Gasteiger partial charge in [-0.1, -0.05) is 0 Å². The molecular formula is C25H33N3O5S. The number of hydrogen-bond acceptors (Lipinski definition) is 8. The zero-order valence-electron chi connectivity index (χ0n) is 20.2. The van der Waals surface area contributed by atoms with Crippen molar-refractivity contribution < 1.29 is 23.8 Å². The summed E-state index contributed by atoms with van der Waals surface area (Å²) in [4.78, 5) is 35.2. The number of nitrogens with zero attached hydrogens (tertiary/aromatic N) is 3. The number of aromatic nitrogens is 1. The Morgan fingerprint density at radius 1 is 0.971 bits per heavy atom. The molecule has 0 unspecified atom stereocenters. The molecule has 1 aliphatic heterocycles. The first-order chi connectivity index (χ1) is 16.5. The minimum atomic E-state index is -0.0417. The fraction of sp³-hybridized carbons (Fsp3) is 0.560. The predicted molar refractivity (Wildman–Crippen MR) is 131 cm³/mol. The van der Waals surface area contributed by atoms with Crippen LogP contribution < -0.4 is 14.2 Å². The quantitative estimate of drug-likeness (QED) is 0.532. The number of carbonyl (C=O) groups is 2. The smallest absolute Gasteiger partial charge is 0.254 e. The third kappa shape index (κ3) is 5.36. The van der Waals surface area contributed by atoms with E-state index in [0.717, 1.165) is 48.1 Å². The minimum absolute atomic E-state index is 0.0417. The minimum Gasteiger partial charge on any atom is -0.490 e. The van der Waals surface area contributed by atoms with Crippen molar-refractivity contribution in [2.75, 3.05) is 46.0 Å². The van der Waals surface area contributed by atoms with E-state index in [4.69, 9.17) is 19.2 Å². The Morgan fingerprint density at radius 3 is 2.21 bits per heavy atom. The van der Waals surface area contributed by atoms with Gasteiger partial charge in [-0.05, 0) is 45.7 Å². The van der Waals surface area contributed by atoms with Crippen molar-refractivity contribution in [2.24, 2.45) is 0 Å². The molecular weight excluding hydrogens is 454 g/mol. The van der Waals surface area contributed by atoms with Crippen LogP contribution in [0.3, 0.4) is 0 Å². The number of ketones is 1. The summed E-state index contributed by atoms with van der Waals surface area (Å²) >= 11 is 1.54. The normalized spacial score (nSPS) is 16.3. The lowest BCUT2D eigenvalue weighted by Crippen LogP contribution is -2.48. The highest BCUT2D eigenvalue weighted by molar-refractivity contribution is 7.13. The van der Waals surface area contributed by atoms with Crippen LogP contribution in [0.5, 0.6) is 17.2 Å². The Balaban J connectivity index is 1.42. The summed E-state index contributed by atoms with van der Waals surface area (Å²) < 4.78 is 17.3. The van der Waals surface area contributed by atoms with Gasteiger partial charge in [-0.3, -0.25) is 14.5 Å². The number of piperazine rings is 1. The van der Waals surface area contributed by atoms with Gasteiger partial charge in [0.25, 0.3) is 5.91 Å². The van der Waals surface area contributed by atoms with E-state index in [1.54, 1.807) is 12.1 Å². The molecule has 2 aromatic rings. The number of benzene rings is 1. The maximum Gasteiger partial charge on any atom is 0.254 e. The van der Waals surface area contributed by atoms with E-state index in [1.165, 1.54) is 11.3 Å². The number of thiazole rings is 1. The van der Waals surface area contributed by atoms with Crippen molar-refractivity contribution >= 4 is 23.0 Å². The molecule has 1 aliphatic carbocycles. The van der Waals surface area contributed by atoms with Gasteiger partial charge in [0.15, 0.2) is 17.3 Å². The first-order valence-electron chi connectivity index (χ1n) is 12.1. The number of amides is 1. The SMILES string of the molecule is CCOc1cc(C(=O)N2CCN(Cc3nc4c(s3)C(=O)CCC4)CC2)cc(OCC)c1OCC. The fourth-order valence-corrected chi connectivity index (χ4v) is 5.50. The number of hydrogen-bond donors (Lipinski definition) is 0. The highest BCUT2D eigenvalue weighted by Crippen LogP contribution is 2.39. The van der Waals surface area contributed by atoms with Crippen LogP contribution in [0.1, 0.15) is 64.3 Å². The molecule has 2 heterocycles. The number of fused-ring (bicyclic) bond motifs is 1. The molecule has 0 saturated carbocycles. The van der Waals surface area contributed by atoms with Crippen molar-refractivity contribution in [3.63, 3.8) is 0 Å². The Morgan fingerprint density at radius 2 is 1.62 bits per heavy atom. The average molecular weight is 488 g/mol. The molecule has 34 heavy (non-hydrogen) atoms. The van der Waals surface area contributed by atoms with Crippen LogP contribution in [-0.4, -0.2) is 72.5 Å². The van der Waals surface area contributed by atoms with Crippen LogP contribution in [0, 0.1) is 0 Å². The van der Waals surface area contributed by atoms with E-state index in [1.807, 2.05) is 25.7 Å². The fourth-order valence-electron chi connectivity index (χ4n) is 4.38. The Labute approximate surface area is 204 Å². The molecule has 9 heteroatoms. The maximum atomic E-state index is 13.3. The standard InChI is InChI=1S/C25H33N3O5S/c1-4-31-20-14-17(15-21(32-5-2)23(20)33-6-3)25(30)28-12-10-27(11-13-28)16-22-26-18-8-7-9-19(29)24(18)34-22/h14-15H,4-13,16H2,1-3H3. The summed E-state index contributed by atoms with van der Waals surface area (Å²) in [6, 6.07) is 3.51. The highest BCUT2D eigenvalue weighted by Gasteiger charge is 2.27. The molecule has 0 spiro atoms. The van der Waals surface area contributed by atoms with Crippen molar-refractivity contribution in [1.29, 1.82) is 0 Å². The molecule has 0 N–H and O–H groups in total. The molecule has 2 aliphatic rings. The van der Waals surface area contributed by atoms with Gasteiger partial charge in [0.1, 0.15) is 5.01 Å². The summed E-state index contributed by atoms with van der Waals surface area (Å²) in [6.07, 6.45) is 2.43. The second-order valence-electron chi connectivity index (χ2n) is 8.33. The molecule has 1 saturated heterocycles. The van der Waals surface area contributed by atoms with Crippen molar-refractivity contribution in [3.8, 4) is 17.2 Å². The molecule has 4 rings (SSSR count). The topological polar surface area (TPSA) is 81.2 Å². The molecule has 1 aromatic carbocycles. The predicted octanol–water partition coefficient (Wildman–Crippen LogP) is 3.82. The third-order valence-corrected chi connectivity index (χ3v) is 7.11.